The van der Waals surface area contributed by atoms with Gasteiger partial charge in [0.25, 0.3) is 0 Å². The Kier molecular flexibility index (Phi) is 7.52. The van der Waals surface area contributed by atoms with E-state index in [1.807, 2.05) is 39.0 Å². The molecule has 2 nitrogen and oxygen atoms in total. The number of carbonyl (C=O) groups is 1. The first-order chi connectivity index (χ1) is 7.05. The molecule has 0 aliphatic carbocycles. The fourth-order valence-corrected chi connectivity index (χ4v) is 2.77. The lowest BCUT2D eigenvalue weighted by Crippen LogP contribution is -2.13. The van der Waals surface area contributed by atoms with Crippen LogP contribution >= 0.6 is 21.6 Å². The third-order valence-corrected chi connectivity index (χ3v) is 4.77. The summed E-state index contributed by atoms with van der Waals surface area (Å²) in [4.78, 5) is 14.3. The first kappa shape index (κ1) is 14.5. The van der Waals surface area contributed by atoms with Crippen molar-refractivity contribution in [1.29, 1.82) is 0 Å². The average molecular weight is 243 g/mol. The number of rotatable bonds is 7. The molecule has 0 amide bonds. The van der Waals surface area contributed by atoms with Crippen LogP contribution in [0.5, 0.6) is 0 Å². The van der Waals surface area contributed by atoms with Crippen molar-refractivity contribution in [2.24, 2.45) is 4.99 Å². The second kappa shape index (κ2) is 7.77. The molecule has 0 spiro atoms. The molecule has 0 aliphatic heterocycles. The number of aliphatic imine (C=N–C) groups is 1. The Labute approximate surface area is 99.7 Å². The van der Waals surface area contributed by atoms with Gasteiger partial charge in [-0.1, -0.05) is 22.9 Å². The third kappa shape index (κ3) is 7.45. The Balaban J connectivity index is 4.22. The van der Waals surface area contributed by atoms with Gasteiger partial charge in [0, 0.05) is 11.2 Å². The molecular formula is C11H17NOS2. The largest absolute Gasteiger partial charge is 0.303 e. The van der Waals surface area contributed by atoms with Crippen LogP contribution in [-0.2, 0) is 4.79 Å². The van der Waals surface area contributed by atoms with Crippen LogP contribution in [0.2, 0.25) is 0 Å². The van der Waals surface area contributed by atoms with Gasteiger partial charge in [-0.15, -0.1) is 0 Å². The molecule has 0 aromatic rings. The van der Waals surface area contributed by atoms with Crippen LogP contribution in [0.25, 0.3) is 0 Å². The molecular weight excluding hydrogens is 226 g/mol. The van der Waals surface area contributed by atoms with Gasteiger partial charge in [-0.05, 0) is 44.4 Å². The predicted octanol–water partition coefficient (Wildman–Crippen LogP) is 3.85. The molecule has 15 heavy (non-hydrogen) atoms. The second-order valence-electron chi connectivity index (χ2n) is 3.49. The summed E-state index contributed by atoms with van der Waals surface area (Å²) in [6, 6.07) is 0. The average Bonchev–Trinajstić information content (AvgIpc) is 2.18. The van der Waals surface area contributed by atoms with Crippen LogP contribution in [0.15, 0.2) is 28.2 Å². The van der Waals surface area contributed by atoms with Crippen LogP contribution < -0.4 is 0 Å². The maximum atomic E-state index is 10.4. The standard InChI is InChI=1S/C11H17NOS2/c1-5-6-7-10(12-4)14-15-11(2,3)8-9-13/h5-7,9H,4,8H2,1-3H3/b6-5-,10-7+. The minimum Gasteiger partial charge on any atom is -0.303 e. The minimum absolute atomic E-state index is 0.0634. The number of hydrogen-bond donors (Lipinski definition) is 0. The first-order valence-corrected chi connectivity index (χ1v) is 6.79. The highest BCUT2D eigenvalue weighted by Crippen LogP contribution is 2.41. The van der Waals surface area contributed by atoms with Crippen molar-refractivity contribution in [3.05, 3.63) is 23.3 Å². The molecule has 0 aliphatic rings. The highest BCUT2D eigenvalue weighted by Gasteiger charge is 2.18. The molecule has 0 unspecified atom stereocenters. The fourth-order valence-electron chi connectivity index (χ4n) is 0.676. The molecule has 0 rings (SSSR count). The van der Waals surface area contributed by atoms with Gasteiger partial charge in [0.2, 0.25) is 0 Å². The summed E-state index contributed by atoms with van der Waals surface area (Å²) >= 11 is 0. The molecule has 84 valence electrons. The van der Waals surface area contributed by atoms with E-state index in [4.69, 9.17) is 0 Å². The van der Waals surface area contributed by atoms with Crippen molar-refractivity contribution >= 4 is 34.6 Å². The van der Waals surface area contributed by atoms with Crippen molar-refractivity contribution in [3.63, 3.8) is 0 Å². The van der Waals surface area contributed by atoms with E-state index >= 15 is 0 Å². The summed E-state index contributed by atoms with van der Waals surface area (Å²) in [5, 5.41) is 0.858. The highest BCUT2D eigenvalue weighted by molar-refractivity contribution is 8.78. The Morgan fingerprint density at radius 2 is 2.20 bits per heavy atom. The van der Waals surface area contributed by atoms with E-state index in [0.29, 0.717) is 6.42 Å². The monoisotopic (exact) mass is 243 g/mol. The van der Waals surface area contributed by atoms with Gasteiger partial charge in [-0.25, -0.2) is 0 Å². The maximum absolute atomic E-state index is 10.4. The smallest absolute Gasteiger partial charge is 0.121 e. The molecule has 0 atom stereocenters. The van der Waals surface area contributed by atoms with Gasteiger partial charge in [-0.2, -0.15) is 0 Å². The lowest BCUT2D eigenvalue weighted by Gasteiger charge is -2.19. The van der Waals surface area contributed by atoms with Crippen molar-refractivity contribution < 1.29 is 4.79 Å². The van der Waals surface area contributed by atoms with Crippen molar-refractivity contribution in [2.45, 2.75) is 31.9 Å². The van der Waals surface area contributed by atoms with Crippen LogP contribution in [0, 0.1) is 0 Å². The zero-order chi connectivity index (χ0) is 11.7. The van der Waals surface area contributed by atoms with E-state index in [1.54, 1.807) is 21.6 Å². The summed E-state index contributed by atoms with van der Waals surface area (Å²) in [5.74, 6) is 0. The number of hydrogen-bond acceptors (Lipinski definition) is 4. The quantitative estimate of drug-likeness (QED) is 0.294. The predicted molar refractivity (Wildman–Crippen MR) is 72.4 cm³/mol. The van der Waals surface area contributed by atoms with Crippen molar-refractivity contribution in [3.8, 4) is 0 Å². The molecule has 0 radical (unpaired) electrons. The Hall–Kier alpha value is -0.480. The zero-order valence-electron chi connectivity index (χ0n) is 9.40. The highest BCUT2D eigenvalue weighted by atomic mass is 33.1. The summed E-state index contributed by atoms with van der Waals surface area (Å²) < 4.78 is -0.0634. The zero-order valence-corrected chi connectivity index (χ0v) is 11.0. The molecule has 0 saturated carbocycles. The number of nitrogens with zero attached hydrogens (tertiary/aromatic N) is 1. The Morgan fingerprint density at radius 1 is 1.53 bits per heavy atom. The van der Waals surface area contributed by atoms with Gasteiger partial charge in [0.15, 0.2) is 0 Å². The topological polar surface area (TPSA) is 29.4 Å². The number of aldehydes is 1. The van der Waals surface area contributed by atoms with E-state index < -0.39 is 0 Å². The number of carbonyl (C=O) groups excluding carboxylic acids is 1. The lowest BCUT2D eigenvalue weighted by atomic mass is 10.1. The summed E-state index contributed by atoms with van der Waals surface area (Å²) in [6.07, 6.45) is 7.25. The van der Waals surface area contributed by atoms with E-state index in [0.717, 1.165) is 11.3 Å². The third-order valence-electron chi connectivity index (χ3n) is 1.51. The van der Waals surface area contributed by atoms with Gasteiger partial charge < -0.3 is 4.79 Å². The van der Waals surface area contributed by atoms with Gasteiger partial charge in [0.05, 0.1) is 0 Å². The van der Waals surface area contributed by atoms with Crippen molar-refractivity contribution in [1.82, 2.24) is 0 Å². The molecule has 0 heterocycles. The van der Waals surface area contributed by atoms with Gasteiger partial charge >= 0.3 is 0 Å². The van der Waals surface area contributed by atoms with Crippen LogP contribution in [-0.4, -0.2) is 17.8 Å². The van der Waals surface area contributed by atoms with Gasteiger partial charge in [-0.3, -0.25) is 4.99 Å². The van der Waals surface area contributed by atoms with Gasteiger partial charge in [0.1, 0.15) is 11.3 Å². The number of allylic oxidation sites excluding steroid dienone is 3. The van der Waals surface area contributed by atoms with E-state index in [-0.39, 0.29) is 4.75 Å². The van der Waals surface area contributed by atoms with Crippen LogP contribution in [0.1, 0.15) is 27.2 Å². The fraction of sp³-hybridized carbons (Fsp3) is 0.455. The Morgan fingerprint density at radius 3 is 2.67 bits per heavy atom. The molecule has 0 bridgehead atoms. The first-order valence-electron chi connectivity index (χ1n) is 4.64. The van der Waals surface area contributed by atoms with Crippen molar-refractivity contribution in [2.75, 3.05) is 0 Å². The van der Waals surface area contributed by atoms with E-state index in [9.17, 15) is 4.79 Å². The molecule has 0 saturated heterocycles. The molecule has 4 heteroatoms. The Bertz CT molecular complexity index is 270. The summed E-state index contributed by atoms with van der Waals surface area (Å²) in [6.45, 7) is 9.53. The van der Waals surface area contributed by atoms with E-state index in [2.05, 4.69) is 11.7 Å². The SMILES string of the molecule is C=N/C(=C\C=C/C)SSC(C)(C)CC=O. The summed E-state index contributed by atoms with van der Waals surface area (Å²) in [7, 11) is 3.18. The summed E-state index contributed by atoms with van der Waals surface area (Å²) in [5.41, 5.74) is 0. The second-order valence-corrected chi connectivity index (χ2v) is 6.34. The normalized spacial score (nSPS) is 13.1. The minimum atomic E-state index is -0.0634. The van der Waals surface area contributed by atoms with Crippen LogP contribution in [0.4, 0.5) is 0 Å². The van der Waals surface area contributed by atoms with Crippen LogP contribution in [0.3, 0.4) is 0 Å². The molecule has 0 N–H and O–H groups in total. The maximum Gasteiger partial charge on any atom is 0.121 e. The lowest BCUT2D eigenvalue weighted by molar-refractivity contribution is -0.108. The molecule has 0 aromatic heterocycles. The van der Waals surface area contributed by atoms with E-state index in [1.165, 1.54) is 0 Å². The molecule has 0 fully saturated rings. The molecule has 0 aromatic carbocycles.